The molecule has 140 valence electrons. The zero-order chi connectivity index (χ0) is 19.5. The summed E-state index contributed by atoms with van der Waals surface area (Å²) in [6.07, 6.45) is 1.59. The van der Waals surface area contributed by atoms with E-state index in [1.54, 1.807) is 0 Å². The molecule has 0 fully saturated rings. The zero-order valence-electron chi connectivity index (χ0n) is 15.0. The number of carbonyl (C=O) groups is 4. The molecule has 0 aromatic rings. The van der Waals surface area contributed by atoms with Crippen molar-refractivity contribution in [1.82, 2.24) is 0 Å². The zero-order valence-corrected chi connectivity index (χ0v) is 15.0. The smallest absolute Gasteiger partial charge is 0.323 e. The second-order valence-electron chi connectivity index (χ2n) is 5.17. The summed E-state index contributed by atoms with van der Waals surface area (Å²) in [5, 5.41) is 0. The van der Waals surface area contributed by atoms with Gasteiger partial charge >= 0.3 is 23.9 Å². The Morgan fingerprint density at radius 2 is 1.44 bits per heavy atom. The molecule has 8 heteroatoms. The lowest BCUT2D eigenvalue weighted by Crippen LogP contribution is -2.41. The van der Waals surface area contributed by atoms with Gasteiger partial charge in [0, 0.05) is 0 Å². The molecule has 0 amide bonds. The largest absolute Gasteiger partial charge is 0.468 e. The van der Waals surface area contributed by atoms with Gasteiger partial charge in [-0.05, 0) is 25.3 Å². The van der Waals surface area contributed by atoms with Crippen molar-refractivity contribution in [2.45, 2.75) is 25.7 Å². The van der Waals surface area contributed by atoms with Crippen molar-refractivity contribution < 1.29 is 38.1 Å². The predicted molar refractivity (Wildman–Crippen MR) is 86.2 cm³/mol. The van der Waals surface area contributed by atoms with Gasteiger partial charge < -0.3 is 18.9 Å². The van der Waals surface area contributed by atoms with Crippen molar-refractivity contribution in [3.8, 4) is 0 Å². The monoisotopic (exact) mass is 356 g/mol. The van der Waals surface area contributed by atoms with Crippen LogP contribution < -0.4 is 0 Å². The maximum Gasteiger partial charge on any atom is 0.323 e. The Balaban J connectivity index is 5.40. The lowest BCUT2D eigenvalue weighted by atomic mass is 9.78. The minimum absolute atomic E-state index is 0.00495. The topological polar surface area (TPSA) is 105 Å². The van der Waals surface area contributed by atoms with Gasteiger partial charge in [-0.15, -0.1) is 5.73 Å². The van der Waals surface area contributed by atoms with E-state index in [0.29, 0.717) is 0 Å². The summed E-state index contributed by atoms with van der Waals surface area (Å²) in [6.45, 7) is 3.40. The molecule has 0 aliphatic rings. The quantitative estimate of drug-likeness (QED) is 0.249. The van der Waals surface area contributed by atoms with E-state index in [1.807, 2.05) is 0 Å². The fourth-order valence-corrected chi connectivity index (χ4v) is 2.42. The van der Waals surface area contributed by atoms with Gasteiger partial charge in [0.2, 0.25) is 0 Å². The van der Waals surface area contributed by atoms with Crippen LogP contribution in [0.25, 0.3) is 0 Å². The highest BCUT2D eigenvalue weighted by molar-refractivity contribution is 6.00. The number of hydrogen-bond donors (Lipinski definition) is 0. The third-order valence-corrected chi connectivity index (χ3v) is 3.81. The highest BCUT2D eigenvalue weighted by atomic mass is 16.6. The second-order valence-corrected chi connectivity index (χ2v) is 5.17. The molecular formula is C17H24O8. The summed E-state index contributed by atoms with van der Waals surface area (Å²) in [6, 6.07) is 0. The van der Waals surface area contributed by atoms with Crippen LogP contribution in [0.1, 0.15) is 25.7 Å². The molecule has 0 rings (SSSR count). The van der Waals surface area contributed by atoms with Crippen LogP contribution in [0.2, 0.25) is 0 Å². The van der Waals surface area contributed by atoms with Crippen molar-refractivity contribution in [1.29, 1.82) is 0 Å². The van der Waals surface area contributed by atoms with Gasteiger partial charge in [-0.2, -0.15) is 0 Å². The molecule has 0 bridgehead atoms. The van der Waals surface area contributed by atoms with E-state index in [2.05, 4.69) is 21.8 Å². The molecule has 0 spiro atoms. The van der Waals surface area contributed by atoms with Crippen molar-refractivity contribution >= 4 is 23.9 Å². The lowest BCUT2D eigenvalue weighted by Gasteiger charge is -2.27. The number of allylic oxidation sites excluding steroid dienone is 1. The third kappa shape index (κ3) is 5.76. The molecule has 0 heterocycles. The summed E-state index contributed by atoms with van der Waals surface area (Å²) < 4.78 is 18.6. The van der Waals surface area contributed by atoms with Gasteiger partial charge in [-0.25, -0.2) is 0 Å². The maximum atomic E-state index is 12.2. The number of hydrogen-bond acceptors (Lipinski definition) is 8. The first-order valence-electron chi connectivity index (χ1n) is 7.51. The normalized spacial score (nSPS) is 10.4. The van der Waals surface area contributed by atoms with Crippen molar-refractivity contribution in [3.63, 3.8) is 0 Å². The molecule has 8 nitrogen and oxygen atoms in total. The van der Waals surface area contributed by atoms with E-state index in [-0.39, 0.29) is 25.7 Å². The second kappa shape index (κ2) is 11.0. The van der Waals surface area contributed by atoms with E-state index >= 15 is 0 Å². The highest BCUT2D eigenvalue weighted by Crippen LogP contribution is 2.33. The first kappa shape index (κ1) is 22.4. The molecule has 0 saturated heterocycles. The SMILES string of the molecule is C=C=CCC(CCCC(C(=O)OC)C(=O)OC)(C(=O)OC)C(=O)OC. The molecular weight excluding hydrogens is 332 g/mol. The Morgan fingerprint density at radius 3 is 1.80 bits per heavy atom. The standard InChI is InChI=1S/C17H24O8/c1-6-7-10-17(15(20)24-4,16(21)25-5)11-8-9-12(13(18)22-2)14(19)23-3/h7,12H,1,8-11H2,2-5H3. The van der Waals surface area contributed by atoms with Gasteiger partial charge in [0.05, 0.1) is 28.4 Å². The fraction of sp³-hybridized carbons (Fsp3) is 0.588. The molecule has 0 atom stereocenters. The van der Waals surface area contributed by atoms with Gasteiger partial charge in [-0.1, -0.05) is 13.0 Å². The lowest BCUT2D eigenvalue weighted by molar-refractivity contribution is -0.169. The Kier molecular flexibility index (Phi) is 9.89. The Bertz CT molecular complexity index is 513. The Labute approximate surface area is 146 Å². The van der Waals surface area contributed by atoms with Crippen LogP contribution in [0, 0.1) is 11.3 Å². The van der Waals surface area contributed by atoms with E-state index in [4.69, 9.17) is 9.47 Å². The van der Waals surface area contributed by atoms with E-state index < -0.39 is 35.2 Å². The molecule has 0 aromatic heterocycles. The van der Waals surface area contributed by atoms with Crippen LogP contribution in [0.5, 0.6) is 0 Å². The first-order valence-corrected chi connectivity index (χ1v) is 7.51. The van der Waals surface area contributed by atoms with E-state index in [0.717, 1.165) is 28.4 Å². The van der Waals surface area contributed by atoms with Crippen LogP contribution in [0.4, 0.5) is 0 Å². The van der Waals surface area contributed by atoms with Gasteiger partial charge in [-0.3, -0.25) is 19.2 Å². The molecule has 0 N–H and O–H groups in total. The van der Waals surface area contributed by atoms with Gasteiger partial charge in [0.15, 0.2) is 11.3 Å². The van der Waals surface area contributed by atoms with Gasteiger partial charge in [0.25, 0.3) is 0 Å². The van der Waals surface area contributed by atoms with Crippen LogP contribution in [0.15, 0.2) is 18.4 Å². The van der Waals surface area contributed by atoms with Crippen molar-refractivity contribution in [3.05, 3.63) is 18.4 Å². The van der Waals surface area contributed by atoms with E-state index in [9.17, 15) is 19.2 Å². The molecule has 0 aliphatic heterocycles. The minimum atomic E-state index is -1.61. The van der Waals surface area contributed by atoms with Crippen molar-refractivity contribution in [2.24, 2.45) is 11.3 Å². The average Bonchev–Trinajstić information content (AvgIpc) is 2.65. The van der Waals surface area contributed by atoms with Crippen LogP contribution in [-0.4, -0.2) is 52.3 Å². The van der Waals surface area contributed by atoms with Crippen LogP contribution in [0.3, 0.4) is 0 Å². The maximum absolute atomic E-state index is 12.2. The number of esters is 4. The average molecular weight is 356 g/mol. The van der Waals surface area contributed by atoms with E-state index in [1.165, 1.54) is 6.08 Å². The Hall–Kier alpha value is -2.60. The van der Waals surface area contributed by atoms with Gasteiger partial charge in [0.1, 0.15) is 0 Å². The molecule has 0 radical (unpaired) electrons. The number of carbonyl (C=O) groups excluding carboxylic acids is 4. The number of ether oxygens (including phenoxy) is 4. The fourth-order valence-electron chi connectivity index (χ4n) is 2.42. The van der Waals surface area contributed by atoms with Crippen LogP contribution in [-0.2, 0) is 38.1 Å². The minimum Gasteiger partial charge on any atom is -0.468 e. The summed E-state index contributed by atoms with van der Waals surface area (Å²) in [7, 11) is 4.62. The summed E-state index contributed by atoms with van der Waals surface area (Å²) in [5.41, 5.74) is 0.890. The number of methoxy groups -OCH3 is 4. The summed E-state index contributed by atoms with van der Waals surface area (Å²) >= 11 is 0. The third-order valence-electron chi connectivity index (χ3n) is 3.81. The first-order chi connectivity index (χ1) is 11.8. The molecule has 0 saturated carbocycles. The highest BCUT2D eigenvalue weighted by Gasteiger charge is 2.47. The molecule has 25 heavy (non-hydrogen) atoms. The van der Waals surface area contributed by atoms with Crippen molar-refractivity contribution in [2.75, 3.05) is 28.4 Å². The summed E-state index contributed by atoms with van der Waals surface area (Å²) in [4.78, 5) is 47.8. The molecule has 0 unspecified atom stereocenters. The Morgan fingerprint density at radius 1 is 0.960 bits per heavy atom. The summed E-state index contributed by atoms with van der Waals surface area (Å²) in [5.74, 6) is -4.20. The molecule has 0 aromatic carbocycles. The number of rotatable bonds is 10. The molecule has 0 aliphatic carbocycles. The predicted octanol–water partition coefficient (Wildman–Crippen LogP) is 1.18. The van der Waals surface area contributed by atoms with Crippen LogP contribution >= 0.6 is 0 Å².